The number of carboxylic acids is 2. The van der Waals surface area contributed by atoms with Crippen LogP contribution in [0.1, 0.15) is 35.8 Å². The van der Waals surface area contributed by atoms with Gasteiger partial charge in [-0.05, 0) is 37.6 Å². The van der Waals surface area contributed by atoms with E-state index in [-0.39, 0.29) is 66.7 Å². The average molecular weight is 724 g/mol. The number of aromatic amines is 1. The van der Waals surface area contributed by atoms with Crippen molar-refractivity contribution in [3.8, 4) is 0 Å². The quantitative estimate of drug-likeness (QED) is 0.0881. The van der Waals surface area contributed by atoms with E-state index in [4.69, 9.17) is 5.73 Å². The van der Waals surface area contributed by atoms with Crippen molar-refractivity contribution in [2.24, 2.45) is 0 Å². The van der Waals surface area contributed by atoms with E-state index in [0.29, 0.717) is 11.4 Å². The summed E-state index contributed by atoms with van der Waals surface area (Å²) in [7, 11) is 0. The Kier molecular flexibility index (Phi) is 9.60. The van der Waals surface area contributed by atoms with Gasteiger partial charge in [0.25, 0.3) is 11.5 Å². The number of hydrogen-bond donors (Lipinski definition) is 8. The lowest BCUT2D eigenvalue weighted by Gasteiger charge is -2.33. The number of benzene rings is 1. The van der Waals surface area contributed by atoms with E-state index in [1.165, 1.54) is 35.1 Å². The summed E-state index contributed by atoms with van der Waals surface area (Å²) in [5.74, 6) is -4.34. The highest BCUT2D eigenvalue weighted by molar-refractivity contribution is 8.00. The fraction of sp³-hybridized carbons (Fsp3) is 0.400. The average Bonchev–Trinajstić information content (AvgIpc) is 3.67. The summed E-state index contributed by atoms with van der Waals surface area (Å²) in [4.78, 5) is 104. The number of anilines is 2. The molecule has 3 amide bonds. The van der Waals surface area contributed by atoms with Crippen molar-refractivity contribution in [2.75, 3.05) is 29.9 Å². The van der Waals surface area contributed by atoms with E-state index < -0.39 is 64.5 Å². The van der Waals surface area contributed by atoms with Crippen LogP contribution in [0.2, 0.25) is 0 Å². The van der Waals surface area contributed by atoms with Crippen molar-refractivity contribution in [2.45, 2.75) is 55.6 Å². The molecule has 3 saturated heterocycles. The molecule has 0 aliphatic carbocycles. The lowest BCUT2D eigenvalue weighted by molar-refractivity contribution is -0.149. The Hall–Kier alpha value is -5.67. The van der Waals surface area contributed by atoms with Crippen molar-refractivity contribution in [3.05, 3.63) is 52.1 Å². The van der Waals surface area contributed by atoms with E-state index in [9.17, 15) is 43.8 Å². The highest BCUT2D eigenvalue weighted by Gasteiger charge is 2.69. The number of H-pyrrole nitrogens is 1. The second kappa shape index (κ2) is 13.9. The van der Waals surface area contributed by atoms with Gasteiger partial charge in [-0.15, -0.1) is 0 Å². The Morgan fingerprint density at radius 1 is 1.10 bits per heavy atom. The number of fused-ring (bicyclic) bond motifs is 1. The molecular formula is C30H33N11O9S. The van der Waals surface area contributed by atoms with Gasteiger partial charge in [-0.1, -0.05) is 11.8 Å². The third-order valence-electron chi connectivity index (χ3n) is 8.66. The van der Waals surface area contributed by atoms with Crippen LogP contribution in [0.3, 0.4) is 0 Å². The van der Waals surface area contributed by atoms with Gasteiger partial charge in [0.2, 0.25) is 22.9 Å². The third kappa shape index (κ3) is 6.77. The van der Waals surface area contributed by atoms with Crippen LogP contribution in [0.15, 0.2) is 35.3 Å². The van der Waals surface area contributed by atoms with Gasteiger partial charge in [0.05, 0.1) is 25.0 Å². The van der Waals surface area contributed by atoms with Gasteiger partial charge in [-0.2, -0.15) is 4.98 Å². The molecule has 5 heterocycles. The molecule has 20 nitrogen and oxygen atoms in total. The van der Waals surface area contributed by atoms with Gasteiger partial charge < -0.3 is 31.9 Å². The molecule has 3 aliphatic rings. The summed E-state index contributed by atoms with van der Waals surface area (Å²) in [6, 6.07) is 2.05. The number of aliphatic carboxylic acids is 2. The van der Waals surface area contributed by atoms with Crippen molar-refractivity contribution in [1.82, 2.24) is 45.7 Å². The standard InChI is InChI=1S/C30H33N11O9S/c1-13-25(45)41-20(28(49)50)12-51-30(41)39-19(26(46)40(13)30)11-32-10-17(42)6-7-18(27(47)48)36-23(43)14-2-4-15(5-3-14)33-8-16-9-34-22-21(35-16)24(44)38-29(31)37-22/h2-5,9,13,18-20,32-33,39H,6-8,10-12H2,1H3,(H,36,43)(H,47,48)(H,49,50)(H3,31,34,37,38,44). The number of amides is 3. The van der Waals surface area contributed by atoms with Gasteiger partial charge in [0.15, 0.2) is 11.2 Å². The maximum atomic E-state index is 13.2. The van der Waals surface area contributed by atoms with Gasteiger partial charge in [0, 0.05) is 30.0 Å². The van der Waals surface area contributed by atoms with Crippen molar-refractivity contribution >= 4 is 70.0 Å². The number of rotatable bonds is 14. The molecular weight excluding hydrogens is 690 g/mol. The van der Waals surface area contributed by atoms with Crippen LogP contribution in [0.5, 0.6) is 0 Å². The molecule has 1 spiro atoms. The SMILES string of the molecule is CC1C(=O)N2C(C(=O)O)CSC23NC(CNCC(=O)CCC(NC(=O)c2ccc(NCc4cnc5nc(N)[nH]c(=O)c5n4)cc2)C(=O)O)C(=O)N13. The van der Waals surface area contributed by atoms with Crippen LogP contribution in [0, 0.1) is 0 Å². The maximum Gasteiger partial charge on any atom is 0.327 e. The first-order valence-corrected chi connectivity index (χ1v) is 16.7. The van der Waals surface area contributed by atoms with E-state index >= 15 is 0 Å². The summed E-state index contributed by atoms with van der Waals surface area (Å²) < 4.78 is 0. The number of Topliss-reactive ketones (excluding diaryl/α,β-unsaturated/α-hetero) is 1. The first-order chi connectivity index (χ1) is 24.3. The summed E-state index contributed by atoms with van der Waals surface area (Å²) in [6.07, 6.45) is 1.08. The van der Waals surface area contributed by atoms with Crippen LogP contribution in [0.25, 0.3) is 11.2 Å². The van der Waals surface area contributed by atoms with Gasteiger partial charge in [0.1, 0.15) is 30.0 Å². The fourth-order valence-electron chi connectivity index (χ4n) is 6.15. The lowest BCUT2D eigenvalue weighted by atomic mass is 10.1. The molecule has 21 heteroatoms. The monoisotopic (exact) mass is 723 g/mol. The minimum Gasteiger partial charge on any atom is -0.480 e. The molecule has 0 radical (unpaired) electrons. The Bertz CT molecular complexity index is 1990. The molecule has 9 N–H and O–H groups in total. The number of nitrogens with one attached hydrogen (secondary N) is 5. The molecule has 5 atom stereocenters. The highest BCUT2D eigenvalue weighted by Crippen LogP contribution is 2.49. The minimum absolute atomic E-state index is 0.00231. The Morgan fingerprint density at radius 3 is 2.55 bits per heavy atom. The van der Waals surface area contributed by atoms with Crippen molar-refractivity contribution in [1.29, 1.82) is 0 Å². The van der Waals surface area contributed by atoms with Gasteiger partial charge in [-0.25, -0.2) is 19.6 Å². The number of aromatic nitrogens is 4. The number of hydrogen-bond acceptors (Lipinski definition) is 15. The number of carboxylic acid groups (broad SMARTS) is 2. The molecule has 2 aromatic heterocycles. The van der Waals surface area contributed by atoms with E-state index in [0.717, 1.165) is 11.8 Å². The first-order valence-electron chi connectivity index (χ1n) is 15.7. The zero-order valence-corrected chi connectivity index (χ0v) is 27.7. The van der Waals surface area contributed by atoms with Gasteiger partial charge in [-0.3, -0.25) is 44.1 Å². The third-order valence-corrected chi connectivity index (χ3v) is 10.1. The summed E-state index contributed by atoms with van der Waals surface area (Å²) >= 11 is 1.15. The Morgan fingerprint density at radius 2 is 1.84 bits per heavy atom. The molecule has 268 valence electrons. The van der Waals surface area contributed by atoms with Crippen LogP contribution in [-0.4, -0.2) is 124 Å². The van der Waals surface area contributed by atoms with Gasteiger partial charge >= 0.3 is 11.9 Å². The zero-order chi connectivity index (χ0) is 36.6. The lowest BCUT2D eigenvalue weighted by Crippen LogP contribution is -2.57. The molecule has 3 fully saturated rings. The maximum absolute atomic E-state index is 13.2. The van der Waals surface area contributed by atoms with Crippen molar-refractivity contribution < 1.29 is 39.0 Å². The molecule has 0 bridgehead atoms. The second-order valence-electron chi connectivity index (χ2n) is 12.1. The van der Waals surface area contributed by atoms with Crippen LogP contribution >= 0.6 is 11.8 Å². The Labute approximate surface area is 292 Å². The number of nitrogen functional groups attached to an aromatic ring is 1. The van der Waals surface area contributed by atoms with E-state index in [1.807, 2.05) is 0 Å². The summed E-state index contributed by atoms with van der Waals surface area (Å²) in [5.41, 5.74) is 6.38. The van der Waals surface area contributed by atoms with Crippen LogP contribution in [0.4, 0.5) is 11.6 Å². The molecule has 1 aromatic carbocycles. The highest BCUT2D eigenvalue weighted by atomic mass is 32.2. The predicted octanol–water partition coefficient (Wildman–Crippen LogP) is -2.13. The largest absolute Gasteiger partial charge is 0.480 e. The smallest absolute Gasteiger partial charge is 0.327 e. The first kappa shape index (κ1) is 35.2. The number of carbonyl (C=O) groups excluding carboxylic acids is 4. The molecule has 5 unspecified atom stereocenters. The Balaban J connectivity index is 0.957. The number of nitrogens with two attached hydrogens (primary N) is 1. The van der Waals surface area contributed by atoms with E-state index in [1.54, 1.807) is 12.1 Å². The zero-order valence-electron chi connectivity index (χ0n) is 26.9. The molecule has 6 rings (SSSR count). The summed E-state index contributed by atoms with van der Waals surface area (Å²) in [6.45, 7) is 1.54. The molecule has 3 aromatic rings. The summed E-state index contributed by atoms with van der Waals surface area (Å²) in [5, 5.41) is 29.4. The number of nitrogens with zero attached hydrogens (tertiary/aromatic N) is 5. The number of carbonyl (C=O) groups is 6. The second-order valence-corrected chi connectivity index (χ2v) is 13.2. The number of ketones is 1. The number of thioether (sulfide) groups is 1. The molecule has 51 heavy (non-hydrogen) atoms. The van der Waals surface area contributed by atoms with Crippen LogP contribution in [-0.2, 0) is 30.5 Å². The fourth-order valence-corrected chi connectivity index (χ4v) is 7.80. The molecule has 3 aliphatic heterocycles. The minimum atomic E-state index is -1.35. The molecule has 0 saturated carbocycles. The van der Waals surface area contributed by atoms with Crippen LogP contribution < -0.4 is 32.6 Å². The topological polar surface area (TPSA) is 295 Å². The van der Waals surface area contributed by atoms with Crippen molar-refractivity contribution in [3.63, 3.8) is 0 Å². The normalized spacial score (nSPS) is 22.9. The van der Waals surface area contributed by atoms with E-state index in [2.05, 4.69) is 41.2 Å². The predicted molar refractivity (Wildman–Crippen MR) is 179 cm³/mol.